The Hall–Kier alpha value is -2.28. The molecule has 0 unspecified atom stereocenters. The number of hydrogen-bond acceptors (Lipinski definition) is 7. The highest BCUT2D eigenvalue weighted by Gasteiger charge is 2.09. The minimum atomic E-state index is -1.30. The maximum absolute atomic E-state index is 11.2. The number of rotatable bonds is 6. The smallest absolute Gasteiger partial charge is 0.281 e. The summed E-state index contributed by atoms with van der Waals surface area (Å²) in [6, 6.07) is 7.08. The minimum Gasteiger partial charge on any atom is -0.544 e. The first-order chi connectivity index (χ1) is 10.4. The van der Waals surface area contributed by atoms with Crippen LogP contribution in [0.25, 0.3) is 6.08 Å². The molecule has 0 aliphatic heterocycles. The van der Waals surface area contributed by atoms with E-state index in [1.54, 1.807) is 31.2 Å². The largest absolute Gasteiger partial charge is 0.544 e. The van der Waals surface area contributed by atoms with E-state index in [0.717, 1.165) is 17.5 Å². The van der Waals surface area contributed by atoms with E-state index in [9.17, 15) is 9.90 Å². The van der Waals surface area contributed by atoms with Crippen LogP contribution in [0.5, 0.6) is 5.75 Å². The minimum absolute atomic E-state index is 0.0128. The van der Waals surface area contributed by atoms with Crippen LogP contribution in [0.2, 0.25) is 0 Å². The molecule has 0 atom stereocenters. The molecular weight excluding hydrogens is 304 g/mol. The average Bonchev–Trinajstić information content (AvgIpc) is 2.85. The molecule has 1 aromatic heterocycles. The molecule has 22 heavy (non-hydrogen) atoms. The summed E-state index contributed by atoms with van der Waals surface area (Å²) in [4.78, 5) is 11.2. The Morgan fingerprint density at radius 2 is 2.00 bits per heavy atom. The van der Waals surface area contributed by atoms with Crippen LogP contribution in [-0.4, -0.2) is 22.3 Å². The summed E-state index contributed by atoms with van der Waals surface area (Å²) >= 11 is 0.855. The van der Waals surface area contributed by atoms with Gasteiger partial charge < -0.3 is 19.1 Å². The van der Waals surface area contributed by atoms with Crippen LogP contribution in [0, 0.1) is 6.92 Å². The topological polar surface area (TPSA) is 88.3 Å². The number of carbonyl (C=O) groups excluding carboxylic acids is 1. The van der Waals surface area contributed by atoms with Crippen molar-refractivity contribution in [2.75, 3.05) is 0 Å². The summed E-state index contributed by atoms with van der Waals surface area (Å²) in [7, 11) is 0. The Labute approximate surface area is 132 Å². The van der Waals surface area contributed by atoms with Crippen molar-refractivity contribution in [1.29, 1.82) is 0 Å². The summed E-state index contributed by atoms with van der Waals surface area (Å²) in [5.41, 5.74) is 0.707. The fourth-order valence-electron chi connectivity index (χ4n) is 1.61. The molecule has 116 valence electrons. The van der Waals surface area contributed by atoms with Gasteiger partial charge in [-0.2, -0.15) is 0 Å². The number of aromatic nitrogens is 2. The van der Waals surface area contributed by atoms with Crippen molar-refractivity contribution in [3.8, 4) is 5.75 Å². The van der Waals surface area contributed by atoms with Gasteiger partial charge in [0, 0.05) is 11.8 Å². The van der Waals surface area contributed by atoms with Crippen LogP contribution >= 0.6 is 11.8 Å². The number of ether oxygens (including phenoxy) is 1. The summed E-state index contributed by atoms with van der Waals surface area (Å²) in [6.45, 7) is 5.50. The van der Waals surface area contributed by atoms with E-state index in [2.05, 4.69) is 10.2 Å². The van der Waals surface area contributed by atoms with E-state index in [0.29, 0.717) is 11.5 Å². The molecule has 7 heteroatoms. The maximum atomic E-state index is 11.2. The van der Waals surface area contributed by atoms with Gasteiger partial charge in [-0.15, -0.1) is 10.2 Å². The lowest BCUT2D eigenvalue weighted by Gasteiger charge is -2.10. The zero-order chi connectivity index (χ0) is 16.1. The lowest BCUT2D eigenvalue weighted by Crippen LogP contribution is -2.23. The number of carbonyl (C=O) groups is 1. The summed E-state index contributed by atoms with van der Waals surface area (Å²) in [5.74, 6) is -0.207. The number of carboxylic acid groups (broad SMARTS) is 1. The van der Waals surface area contributed by atoms with Gasteiger partial charge >= 0.3 is 0 Å². The quantitative estimate of drug-likeness (QED) is 0.594. The van der Waals surface area contributed by atoms with Gasteiger partial charge in [-0.3, -0.25) is 0 Å². The molecule has 0 aliphatic rings. The van der Waals surface area contributed by atoms with Crippen molar-refractivity contribution in [3.63, 3.8) is 0 Å². The molecule has 2 aromatic rings. The Bertz CT molecular complexity index is 677. The monoisotopic (exact) mass is 319 g/mol. The number of thioether (sulfide) groups is 1. The van der Waals surface area contributed by atoms with Crippen LogP contribution in [0.3, 0.4) is 0 Å². The van der Waals surface area contributed by atoms with Crippen LogP contribution in [0.15, 0.2) is 38.8 Å². The molecular formula is C15H15N2O4S-. The molecule has 0 radical (unpaired) electrons. The molecule has 6 nitrogen and oxygen atoms in total. The number of benzene rings is 1. The predicted octanol–water partition coefficient (Wildman–Crippen LogP) is 2.05. The highest BCUT2D eigenvalue weighted by molar-refractivity contribution is 8.03. The Kier molecular flexibility index (Phi) is 5.21. The fourth-order valence-corrected chi connectivity index (χ4v) is 2.32. The molecule has 2 rings (SSSR count). The Morgan fingerprint density at radius 1 is 1.32 bits per heavy atom. The molecule has 1 aromatic carbocycles. The first kappa shape index (κ1) is 16.1. The molecule has 0 spiro atoms. The van der Waals surface area contributed by atoms with Gasteiger partial charge in [0.1, 0.15) is 5.75 Å². The zero-order valence-corrected chi connectivity index (χ0v) is 13.2. The van der Waals surface area contributed by atoms with E-state index in [1.807, 2.05) is 13.8 Å². The molecule has 0 saturated carbocycles. The second kappa shape index (κ2) is 7.13. The number of aryl methyl sites for hydroxylation is 1. The van der Waals surface area contributed by atoms with Gasteiger partial charge in [-0.05, 0) is 49.4 Å². The first-order valence-corrected chi connectivity index (χ1v) is 7.43. The van der Waals surface area contributed by atoms with Crippen molar-refractivity contribution in [2.24, 2.45) is 0 Å². The van der Waals surface area contributed by atoms with Crippen molar-refractivity contribution in [1.82, 2.24) is 10.2 Å². The third-order valence-electron chi connectivity index (χ3n) is 2.46. The highest BCUT2D eigenvalue weighted by Crippen LogP contribution is 2.27. The molecule has 0 aliphatic carbocycles. The third-order valence-corrected chi connectivity index (χ3v) is 3.30. The molecule has 1 heterocycles. The Balaban J connectivity index is 2.17. The van der Waals surface area contributed by atoms with Gasteiger partial charge in [0.15, 0.2) is 0 Å². The third kappa shape index (κ3) is 4.63. The van der Waals surface area contributed by atoms with Crippen molar-refractivity contribution in [2.45, 2.75) is 32.1 Å². The fraction of sp³-hybridized carbons (Fsp3) is 0.267. The van der Waals surface area contributed by atoms with E-state index in [-0.39, 0.29) is 16.2 Å². The lowest BCUT2D eigenvalue weighted by molar-refractivity contribution is -0.298. The lowest BCUT2D eigenvalue weighted by atomic mass is 10.2. The van der Waals surface area contributed by atoms with E-state index >= 15 is 0 Å². The summed E-state index contributed by atoms with van der Waals surface area (Å²) in [5, 5.41) is 18.8. The number of aliphatic carboxylic acids is 1. The van der Waals surface area contributed by atoms with Crippen molar-refractivity contribution < 1.29 is 19.1 Å². The van der Waals surface area contributed by atoms with E-state index < -0.39 is 5.97 Å². The average molecular weight is 319 g/mol. The van der Waals surface area contributed by atoms with Gasteiger partial charge in [-0.25, -0.2) is 0 Å². The molecule has 0 bridgehead atoms. The van der Waals surface area contributed by atoms with Gasteiger partial charge in [0.05, 0.1) is 12.1 Å². The van der Waals surface area contributed by atoms with Crippen LogP contribution < -0.4 is 9.84 Å². The molecule has 0 fully saturated rings. The van der Waals surface area contributed by atoms with Crippen molar-refractivity contribution in [3.05, 3.63) is 40.6 Å². The predicted molar refractivity (Wildman–Crippen MR) is 80.1 cm³/mol. The number of hydrogen-bond donors (Lipinski definition) is 0. The molecule has 0 saturated heterocycles. The second-order valence-electron chi connectivity index (χ2n) is 4.72. The zero-order valence-electron chi connectivity index (χ0n) is 12.4. The van der Waals surface area contributed by atoms with Gasteiger partial charge in [-0.1, -0.05) is 12.1 Å². The van der Waals surface area contributed by atoms with Crippen LogP contribution in [-0.2, 0) is 4.79 Å². The van der Waals surface area contributed by atoms with Crippen molar-refractivity contribution >= 4 is 23.8 Å². The summed E-state index contributed by atoms with van der Waals surface area (Å²) in [6.07, 6.45) is 1.56. The molecule has 0 N–H and O–H groups in total. The molecule has 0 amide bonds. The normalized spacial score (nSPS) is 11.7. The van der Waals surface area contributed by atoms with Gasteiger partial charge in [0.2, 0.25) is 5.89 Å². The first-order valence-electron chi connectivity index (χ1n) is 6.62. The standard InChI is InChI=1S/C15H16N2O4S/c1-9(2)20-12-6-4-11(5-7-12)8-13(14(18)19)22-15-17-16-10(3)21-15/h4-9H,1-3H3,(H,18,19)/p-1/b13-8-. The van der Waals surface area contributed by atoms with E-state index in [4.69, 9.17) is 9.15 Å². The number of carboxylic acids is 1. The van der Waals surface area contributed by atoms with Crippen LogP contribution in [0.1, 0.15) is 25.3 Å². The number of nitrogens with zero attached hydrogens (tertiary/aromatic N) is 2. The SMILES string of the molecule is Cc1nnc(S/C(=C\c2ccc(OC(C)C)cc2)C(=O)[O-])o1. The highest BCUT2D eigenvalue weighted by atomic mass is 32.2. The Morgan fingerprint density at radius 3 is 2.50 bits per heavy atom. The summed E-state index contributed by atoms with van der Waals surface area (Å²) < 4.78 is 10.7. The second-order valence-corrected chi connectivity index (χ2v) is 5.71. The van der Waals surface area contributed by atoms with Gasteiger partial charge in [0.25, 0.3) is 5.22 Å². The van der Waals surface area contributed by atoms with Crippen LogP contribution in [0.4, 0.5) is 0 Å². The van der Waals surface area contributed by atoms with E-state index in [1.165, 1.54) is 6.08 Å². The maximum Gasteiger partial charge on any atom is 0.281 e.